The highest BCUT2D eigenvalue weighted by molar-refractivity contribution is 7.18. The van der Waals surface area contributed by atoms with Crippen LogP contribution in [0.4, 0.5) is 0 Å². The van der Waals surface area contributed by atoms with Gasteiger partial charge in [0.25, 0.3) is 0 Å². The average Bonchev–Trinajstić information content (AvgIpc) is 3.37. The summed E-state index contributed by atoms with van der Waals surface area (Å²) in [7, 11) is 0. The summed E-state index contributed by atoms with van der Waals surface area (Å²) in [6, 6.07) is 10.9. The molecule has 2 aliphatic rings. The van der Waals surface area contributed by atoms with E-state index in [1.807, 2.05) is 17.4 Å². The van der Waals surface area contributed by atoms with Gasteiger partial charge in [0.05, 0.1) is 21.8 Å². The molecule has 0 N–H and O–H groups in total. The lowest BCUT2D eigenvalue weighted by Gasteiger charge is -2.37. The van der Waals surface area contributed by atoms with E-state index in [9.17, 15) is 4.79 Å². The number of carbonyl (C=O) groups excluding carboxylic acids is 1. The third-order valence-corrected chi connectivity index (χ3v) is 8.37. The fourth-order valence-electron chi connectivity index (χ4n) is 4.52. The Hall–Kier alpha value is -1.76. The summed E-state index contributed by atoms with van der Waals surface area (Å²) < 4.78 is 1.25. The molecular formula is C22H25N3OS2. The van der Waals surface area contributed by atoms with Gasteiger partial charge in [-0.2, -0.15) is 0 Å². The second kappa shape index (κ2) is 7.58. The monoisotopic (exact) mass is 411 g/mol. The highest BCUT2D eigenvalue weighted by atomic mass is 32.1. The Kier molecular flexibility index (Phi) is 4.95. The maximum absolute atomic E-state index is 13.1. The first-order valence-electron chi connectivity index (χ1n) is 10.1. The van der Waals surface area contributed by atoms with Crippen molar-refractivity contribution < 1.29 is 4.79 Å². The Bertz CT molecular complexity index is 962. The molecule has 5 rings (SSSR count). The number of carbonyl (C=O) groups is 1. The number of hydrogen-bond donors (Lipinski definition) is 0. The van der Waals surface area contributed by atoms with Gasteiger partial charge in [-0.15, -0.1) is 22.7 Å². The number of rotatable bonds is 3. The van der Waals surface area contributed by atoms with Gasteiger partial charge in [0.1, 0.15) is 0 Å². The van der Waals surface area contributed by atoms with Crippen LogP contribution in [0.1, 0.15) is 47.2 Å². The van der Waals surface area contributed by atoms with Gasteiger partial charge < -0.3 is 4.90 Å². The lowest BCUT2D eigenvalue weighted by molar-refractivity contribution is -0.134. The van der Waals surface area contributed by atoms with Crippen molar-refractivity contribution in [3.05, 3.63) is 51.2 Å². The molecule has 0 saturated carbocycles. The predicted molar refractivity (Wildman–Crippen MR) is 116 cm³/mol. The number of aromatic nitrogens is 1. The van der Waals surface area contributed by atoms with Crippen LogP contribution < -0.4 is 0 Å². The minimum atomic E-state index is 0.274. The van der Waals surface area contributed by atoms with Gasteiger partial charge in [-0.3, -0.25) is 9.69 Å². The molecule has 1 aromatic carbocycles. The number of thiophene rings is 1. The van der Waals surface area contributed by atoms with Crippen molar-refractivity contribution in [1.82, 2.24) is 14.8 Å². The Balaban J connectivity index is 1.26. The smallest absolute Gasteiger partial charge is 0.236 e. The van der Waals surface area contributed by atoms with Crippen LogP contribution in [-0.2, 0) is 11.2 Å². The predicted octanol–water partition coefficient (Wildman–Crippen LogP) is 4.68. The summed E-state index contributed by atoms with van der Waals surface area (Å²) in [4.78, 5) is 23.8. The second-order valence-corrected chi connectivity index (χ2v) is 9.96. The molecular weight excluding hydrogens is 386 g/mol. The van der Waals surface area contributed by atoms with E-state index < -0.39 is 0 Å². The molecule has 0 spiro atoms. The molecule has 0 unspecified atom stereocenters. The molecule has 0 radical (unpaired) electrons. The minimum Gasteiger partial charge on any atom is -0.341 e. The fourth-order valence-corrected chi connectivity index (χ4v) is 6.58. The zero-order valence-electron chi connectivity index (χ0n) is 16.1. The van der Waals surface area contributed by atoms with Crippen LogP contribution in [0.5, 0.6) is 0 Å². The highest BCUT2D eigenvalue weighted by Gasteiger charge is 2.31. The van der Waals surface area contributed by atoms with Gasteiger partial charge in [0.15, 0.2) is 0 Å². The summed E-state index contributed by atoms with van der Waals surface area (Å²) >= 11 is 3.64. The first-order valence-corrected chi connectivity index (χ1v) is 11.8. The van der Waals surface area contributed by atoms with Crippen molar-refractivity contribution in [3.8, 4) is 0 Å². The third kappa shape index (κ3) is 3.38. The van der Waals surface area contributed by atoms with Gasteiger partial charge in [-0.25, -0.2) is 4.98 Å². The quantitative estimate of drug-likeness (QED) is 0.628. The fraction of sp³-hybridized carbons (Fsp3) is 0.455. The number of benzene rings is 1. The zero-order valence-corrected chi connectivity index (χ0v) is 17.8. The Morgan fingerprint density at radius 3 is 3.04 bits per heavy atom. The number of likely N-dealkylation sites (tertiary alicyclic amines) is 1. The standard InChI is InChI=1S/C22H25N3OS2/c1-15-17-9-12-27-19(17)8-11-24(15)14-21(26)25-10-4-5-16(13-25)22-23-18-6-2-3-7-20(18)28-22/h2-3,6-7,9,12,15-16H,4-5,8,10-11,13-14H2,1H3/t15-,16+/m1/s1. The van der Waals surface area contributed by atoms with Crippen molar-refractivity contribution in [1.29, 1.82) is 0 Å². The molecule has 28 heavy (non-hydrogen) atoms. The van der Waals surface area contributed by atoms with Gasteiger partial charge in [-0.1, -0.05) is 12.1 Å². The number of amides is 1. The largest absolute Gasteiger partial charge is 0.341 e. The molecule has 2 aromatic heterocycles. The summed E-state index contributed by atoms with van der Waals surface area (Å²) in [6.45, 7) is 5.44. The van der Waals surface area contributed by atoms with Crippen LogP contribution in [0.25, 0.3) is 10.2 Å². The van der Waals surface area contributed by atoms with Crippen molar-refractivity contribution in [2.24, 2.45) is 0 Å². The van der Waals surface area contributed by atoms with Gasteiger partial charge in [0.2, 0.25) is 5.91 Å². The average molecular weight is 412 g/mol. The first kappa shape index (κ1) is 18.3. The topological polar surface area (TPSA) is 36.4 Å². The lowest BCUT2D eigenvalue weighted by Crippen LogP contribution is -2.46. The van der Waals surface area contributed by atoms with E-state index in [1.54, 1.807) is 11.3 Å². The molecule has 0 bridgehead atoms. The Labute approximate surface area is 173 Å². The molecule has 4 heterocycles. The number of hydrogen-bond acceptors (Lipinski definition) is 5. The lowest BCUT2D eigenvalue weighted by atomic mass is 9.98. The summed E-state index contributed by atoms with van der Waals surface area (Å²) in [5.74, 6) is 0.647. The van der Waals surface area contributed by atoms with Gasteiger partial charge in [0, 0.05) is 36.5 Å². The molecule has 0 aliphatic carbocycles. The molecule has 4 nitrogen and oxygen atoms in total. The summed E-state index contributed by atoms with van der Waals surface area (Å²) in [5.41, 5.74) is 2.50. The van der Waals surface area contributed by atoms with Crippen LogP contribution in [0, 0.1) is 0 Å². The molecule has 1 saturated heterocycles. The van der Waals surface area contributed by atoms with Crippen molar-refractivity contribution >= 4 is 38.8 Å². The Morgan fingerprint density at radius 1 is 1.25 bits per heavy atom. The van der Waals surface area contributed by atoms with E-state index >= 15 is 0 Å². The minimum absolute atomic E-state index is 0.274. The van der Waals surface area contributed by atoms with E-state index in [-0.39, 0.29) is 5.91 Å². The maximum Gasteiger partial charge on any atom is 0.236 e. The van der Waals surface area contributed by atoms with Crippen molar-refractivity contribution in [2.75, 3.05) is 26.2 Å². The van der Waals surface area contributed by atoms with Crippen LogP contribution >= 0.6 is 22.7 Å². The number of para-hydroxylation sites is 1. The van der Waals surface area contributed by atoms with Crippen LogP contribution in [0.2, 0.25) is 0 Å². The first-order chi connectivity index (χ1) is 13.7. The SMILES string of the molecule is C[C@@H]1c2ccsc2CCN1CC(=O)N1CCC[C@H](c2nc3ccccc3s2)C1. The number of thiazole rings is 1. The van der Waals surface area contributed by atoms with Crippen molar-refractivity contribution in [3.63, 3.8) is 0 Å². The van der Waals surface area contributed by atoms with Crippen LogP contribution in [0.15, 0.2) is 35.7 Å². The van der Waals surface area contributed by atoms with E-state index in [2.05, 4.69) is 46.4 Å². The highest BCUT2D eigenvalue weighted by Crippen LogP contribution is 2.34. The molecule has 1 amide bonds. The van der Waals surface area contributed by atoms with Gasteiger partial charge >= 0.3 is 0 Å². The summed E-state index contributed by atoms with van der Waals surface area (Å²) in [5, 5.41) is 3.37. The molecule has 3 aromatic rings. The maximum atomic E-state index is 13.1. The molecule has 6 heteroatoms. The van der Waals surface area contributed by atoms with E-state index in [4.69, 9.17) is 4.98 Å². The van der Waals surface area contributed by atoms with Crippen LogP contribution in [0.3, 0.4) is 0 Å². The van der Waals surface area contributed by atoms with Crippen LogP contribution in [-0.4, -0.2) is 46.9 Å². The zero-order chi connectivity index (χ0) is 19.1. The molecule has 2 atom stereocenters. The molecule has 2 aliphatic heterocycles. The molecule has 1 fully saturated rings. The number of piperidine rings is 1. The van der Waals surface area contributed by atoms with Gasteiger partial charge in [-0.05, 0) is 55.3 Å². The van der Waals surface area contributed by atoms with E-state index in [0.29, 0.717) is 18.5 Å². The summed E-state index contributed by atoms with van der Waals surface area (Å²) in [6.07, 6.45) is 3.26. The molecule has 146 valence electrons. The van der Waals surface area contributed by atoms with E-state index in [0.717, 1.165) is 44.4 Å². The van der Waals surface area contributed by atoms with E-state index in [1.165, 1.54) is 20.1 Å². The second-order valence-electron chi connectivity index (χ2n) is 7.89. The van der Waals surface area contributed by atoms with Crippen molar-refractivity contribution in [2.45, 2.75) is 38.1 Å². The third-order valence-electron chi connectivity index (χ3n) is 6.18. The Morgan fingerprint density at radius 2 is 2.14 bits per heavy atom. The normalized spacial score (nSPS) is 23.1. The number of nitrogens with zero attached hydrogens (tertiary/aromatic N) is 3. The number of fused-ring (bicyclic) bond motifs is 2.